The SMILES string of the molecule is CC(=O)Nc1cccc(C=Cc2ccc([N+](=O)[O-])o2)n1. The molecule has 2 aromatic rings. The van der Waals surface area contributed by atoms with E-state index in [2.05, 4.69) is 10.3 Å². The number of carbonyl (C=O) groups is 1. The largest absolute Gasteiger partial charge is 0.433 e. The van der Waals surface area contributed by atoms with E-state index in [1.807, 2.05) is 0 Å². The first-order chi connectivity index (χ1) is 9.54. The Morgan fingerprint density at radius 3 is 2.80 bits per heavy atom. The molecule has 102 valence electrons. The predicted molar refractivity (Wildman–Crippen MR) is 72.8 cm³/mol. The Labute approximate surface area is 114 Å². The fourth-order valence-electron chi connectivity index (χ4n) is 1.49. The molecule has 0 radical (unpaired) electrons. The van der Waals surface area contributed by atoms with Crippen LogP contribution < -0.4 is 5.32 Å². The second kappa shape index (κ2) is 5.79. The minimum absolute atomic E-state index is 0.208. The number of amides is 1. The van der Waals surface area contributed by atoms with Crippen molar-refractivity contribution in [3.8, 4) is 0 Å². The number of nitro groups is 1. The molecule has 2 aromatic heterocycles. The molecular weight excluding hydrogens is 262 g/mol. The van der Waals surface area contributed by atoms with E-state index in [1.54, 1.807) is 30.4 Å². The molecule has 0 spiro atoms. The summed E-state index contributed by atoms with van der Waals surface area (Å²) in [5.41, 5.74) is 0.593. The highest BCUT2D eigenvalue weighted by Gasteiger charge is 2.09. The van der Waals surface area contributed by atoms with E-state index in [9.17, 15) is 14.9 Å². The first-order valence-corrected chi connectivity index (χ1v) is 5.71. The summed E-state index contributed by atoms with van der Waals surface area (Å²) in [7, 11) is 0. The van der Waals surface area contributed by atoms with Crippen LogP contribution in [-0.4, -0.2) is 15.8 Å². The first-order valence-electron chi connectivity index (χ1n) is 5.71. The minimum Gasteiger partial charge on any atom is -0.401 e. The van der Waals surface area contributed by atoms with Gasteiger partial charge < -0.3 is 9.73 Å². The van der Waals surface area contributed by atoms with Crippen LogP contribution >= 0.6 is 0 Å². The van der Waals surface area contributed by atoms with Crippen LogP contribution in [0, 0.1) is 10.1 Å². The van der Waals surface area contributed by atoms with E-state index in [1.165, 1.54) is 19.1 Å². The molecular formula is C13H11N3O4. The number of aromatic nitrogens is 1. The molecule has 7 nitrogen and oxygen atoms in total. The average Bonchev–Trinajstić information content (AvgIpc) is 2.85. The lowest BCUT2D eigenvalue weighted by atomic mass is 10.3. The highest BCUT2D eigenvalue weighted by atomic mass is 16.6. The van der Waals surface area contributed by atoms with Crippen molar-refractivity contribution in [2.45, 2.75) is 6.92 Å². The van der Waals surface area contributed by atoms with Crippen LogP contribution in [0.5, 0.6) is 0 Å². The smallest absolute Gasteiger partial charge is 0.401 e. The van der Waals surface area contributed by atoms with E-state index >= 15 is 0 Å². The summed E-state index contributed by atoms with van der Waals surface area (Å²) in [6.45, 7) is 1.40. The molecule has 2 heterocycles. The van der Waals surface area contributed by atoms with Gasteiger partial charge in [0.2, 0.25) is 5.91 Å². The molecule has 7 heteroatoms. The van der Waals surface area contributed by atoms with Crippen molar-refractivity contribution in [1.29, 1.82) is 0 Å². The zero-order chi connectivity index (χ0) is 14.5. The van der Waals surface area contributed by atoms with Gasteiger partial charge in [0.25, 0.3) is 0 Å². The van der Waals surface area contributed by atoms with E-state index in [4.69, 9.17) is 4.42 Å². The first kappa shape index (κ1) is 13.5. The number of nitrogens with one attached hydrogen (secondary N) is 1. The zero-order valence-corrected chi connectivity index (χ0v) is 10.6. The monoisotopic (exact) mass is 273 g/mol. The van der Waals surface area contributed by atoms with Crippen LogP contribution in [0.4, 0.5) is 11.7 Å². The van der Waals surface area contributed by atoms with E-state index in [0.717, 1.165) is 0 Å². The Bertz CT molecular complexity index is 676. The van der Waals surface area contributed by atoms with Crippen LogP contribution in [0.25, 0.3) is 12.2 Å². The normalized spacial score (nSPS) is 10.7. The van der Waals surface area contributed by atoms with Crippen LogP contribution in [0.1, 0.15) is 18.4 Å². The van der Waals surface area contributed by atoms with Gasteiger partial charge in [0.05, 0.1) is 11.8 Å². The van der Waals surface area contributed by atoms with Crippen LogP contribution in [0.15, 0.2) is 34.7 Å². The molecule has 0 bridgehead atoms. The van der Waals surface area contributed by atoms with Gasteiger partial charge in [0.15, 0.2) is 0 Å². The van der Waals surface area contributed by atoms with Crippen molar-refractivity contribution in [2.75, 3.05) is 5.32 Å². The fourth-order valence-corrected chi connectivity index (χ4v) is 1.49. The fraction of sp³-hybridized carbons (Fsp3) is 0.0769. The van der Waals surface area contributed by atoms with Gasteiger partial charge in [0.1, 0.15) is 16.5 Å². The standard InChI is InChI=1S/C13H11N3O4/c1-9(17)14-12-4-2-3-10(15-12)5-6-11-7-8-13(20-11)16(18)19/h2-8H,1H3,(H,14,15,17). The molecule has 1 amide bonds. The van der Waals surface area contributed by atoms with Crippen molar-refractivity contribution in [2.24, 2.45) is 0 Å². The van der Waals surface area contributed by atoms with E-state index in [-0.39, 0.29) is 11.8 Å². The predicted octanol–water partition coefficient (Wildman–Crippen LogP) is 2.71. The van der Waals surface area contributed by atoms with Crippen molar-refractivity contribution in [3.63, 3.8) is 0 Å². The molecule has 1 N–H and O–H groups in total. The van der Waals surface area contributed by atoms with Gasteiger partial charge in [0, 0.05) is 6.92 Å². The maximum Gasteiger partial charge on any atom is 0.433 e. The number of rotatable bonds is 4. The molecule has 0 fully saturated rings. The Hall–Kier alpha value is -2.96. The summed E-state index contributed by atoms with van der Waals surface area (Å²) in [4.78, 5) is 25.0. The second-order valence-corrected chi connectivity index (χ2v) is 3.90. The Balaban J connectivity index is 2.14. The Kier molecular flexibility index (Phi) is 3.90. The molecule has 0 aliphatic carbocycles. The summed E-state index contributed by atoms with van der Waals surface area (Å²) in [6.07, 6.45) is 3.20. The van der Waals surface area contributed by atoms with Crippen LogP contribution in [0.2, 0.25) is 0 Å². The number of pyridine rings is 1. The Morgan fingerprint density at radius 1 is 1.35 bits per heavy atom. The topological polar surface area (TPSA) is 98.3 Å². The highest BCUT2D eigenvalue weighted by Crippen LogP contribution is 2.17. The van der Waals surface area contributed by atoms with E-state index in [0.29, 0.717) is 17.3 Å². The lowest BCUT2D eigenvalue weighted by Crippen LogP contribution is -2.07. The number of hydrogen-bond donors (Lipinski definition) is 1. The summed E-state index contributed by atoms with van der Waals surface area (Å²) in [6, 6.07) is 7.91. The van der Waals surface area contributed by atoms with E-state index < -0.39 is 4.92 Å². The molecule has 0 aliphatic rings. The maximum atomic E-state index is 10.9. The molecule has 2 rings (SSSR count). The van der Waals surface area contributed by atoms with Gasteiger partial charge in [-0.25, -0.2) is 4.98 Å². The molecule has 0 saturated heterocycles. The van der Waals surface area contributed by atoms with Crippen molar-refractivity contribution >= 4 is 29.8 Å². The summed E-state index contributed by atoms with van der Waals surface area (Å²) < 4.78 is 4.98. The van der Waals surface area contributed by atoms with Gasteiger partial charge in [-0.3, -0.25) is 14.9 Å². The van der Waals surface area contributed by atoms with Crippen molar-refractivity contribution in [1.82, 2.24) is 4.98 Å². The third-order valence-electron chi connectivity index (χ3n) is 2.29. The zero-order valence-electron chi connectivity index (χ0n) is 10.6. The minimum atomic E-state index is -0.604. The number of nitrogens with zero attached hydrogens (tertiary/aromatic N) is 2. The van der Waals surface area contributed by atoms with Crippen LogP contribution in [0.3, 0.4) is 0 Å². The number of carbonyl (C=O) groups excluding carboxylic acids is 1. The molecule has 0 saturated carbocycles. The number of hydrogen-bond acceptors (Lipinski definition) is 5. The third kappa shape index (κ3) is 3.52. The van der Waals surface area contributed by atoms with Gasteiger partial charge in [-0.15, -0.1) is 0 Å². The quantitative estimate of drug-likeness (QED) is 0.682. The summed E-state index contributed by atoms with van der Waals surface area (Å²) in [5, 5.41) is 13.0. The Morgan fingerprint density at radius 2 is 2.15 bits per heavy atom. The number of anilines is 1. The van der Waals surface area contributed by atoms with Crippen molar-refractivity contribution < 1.29 is 14.1 Å². The highest BCUT2D eigenvalue weighted by molar-refractivity contribution is 5.87. The summed E-state index contributed by atoms with van der Waals surface area (Å²) >= 11 is 0. The van der Waals surface area contributed by atoms with Gasteiger partial charge in [-0.2, -0.15) is 0 Å². The van der Waals surface area contributed by atoms with Crippen LogP contribution in [-0.2, 0) is 4.79 Å². The average molecular weight is 273 g/mol. The van der Waals surface area contributed by atoms with Gasteiger partial charge in [-0.05, 0) is 30.4 Å². The van der Waals surface area contributed by atoms with Crippen molar-refractivity contribution in [3.05, 3.63) is 51.9 Å². The summed E-state index contributed by atoms with van der Waals surface area (Å²) in [5.74, 6) is 0.262. The maximum absolute atomic E-state index is 10.9. The lowest BCUT2D eigenvalue weighted by Gasteiger charge is -2.01. The van der Waals surface area contributed by atoms with Gasteiger partial charge >= 0.3 is 5.88 Å². The molecule has 0 atom stereocenters. The third-order valence-corrected chi connectivity index (χ3v) is 2.29. The molecule has 0 aromatic carbocycles. The second-order valence-electron chi connectivity index (χ2n) is 3.90. The molecule has 0 unspecified atom stereocenters. The molecule has 20 heavy (non-hydrogen) atoms. The lowest BCUT2D eigenvalue weighted by molar-refractivity contribution is -0.402. The van der Waals surface area contributed by atoms with Gasteiger partial charge in [-0.1, -0.05) is 6.07 Å². The molecule has 0 aliphatic heterocycles. The number of furan rings is 1.